The molecule has 2 aliphatic carbocycles. The van der Waals surface area contributed by atoms with Gasteiger partial charge in [0, 0.05) is 0 Å². The van der Waals surface area contributed by atoms with Gasteiger partial charge in [-0.05, 0) is 0 Å². The SMILES string of the molecule is CC1=C[CH]([Zr]([CH]2c3cc(C)ccc3-c3ccc(C)cc32)=[Si](C)C)c2cccc(-c3cc4ccccc4c4ccccc34)c21. The van der Waals surface area contributed by atoms with Gasteiger partial charge in [0.05, 0.1) is 0 Å². The van der Waals surface area contributed by atoms with Crippen LogP contribution in [0, 0.1) is 13.8 Å². The van der Waals surface area contributed by atoms with E-state index in [9.17, 15) is 0 Å². The van der Waals surface area contributed by atoms with E-state index in [1.807, 2.05) is 0 Å². The maximum atomic E-state index is 2.72. The van der Waals surface area contributed by atoms with Gasteiger partial charge < -0.3 is 0 Å². The van der Waals surface area contributed by atoms with E-state index in [1.165, 1.54) is 66.1 Å². The van der Waals surface area contributed by atoms with Crippen LogP contribution in [0.15, 0.2) is 115 Å². The summed E-state index contributed by atoms with van der Waals surface area (Å²) in [4.78, 5) is 0. The summed E-state index contributed by atoms with van der Waals surface area (Å²) in [6.45, 7) is 12.2. The molecule has 0 bridgehead atoms. The van der Waals surface area contributed by atoms with E-state index in [0.717, 1.165) is 0 Å². The van der Waals surface area contributed by atoms with Crippen molar-refractivity contribution in [3.05, 3.63) is 149 Å². The third-order valence-corrected chi connectivity index (χ3v) is 28.9. The Balaban J connectivity index is 1.35. The molecule has 0 amide bonds. The minimum absolute atomic E-state index is 0.500. The zero-order chi connectivity index (χ0) is 29.4. The molecule has 0 heterocycles. The average molecular weight is 648 g/mol. The standard InChI is InChI=1S/C24H17.C15H13.C2H6Si.Zr/c1-16-13-14-17-8-6-12-22(24(16)17)23-15-18-7-2-3-9-19(18)20-10-4-5-11-21(20)23;1-10-3-5-14-12(7-10)9-13-8-11(2)4-6-15(13)14;1-3-2;/h2-15H,1H3;3-9H,1-2H3;1-2H3;. The van der Waals surface area contributed by atoms with Gasteiger partial charge in [-0.1, -0.05) is 0 Å². The molecule has 0 aromatic heterocycles. The summed E-state index contributed by atoms with van der Waals surface area (Å²) >= 11 is -2.19. The number of rotatable bonds is 3. The Kier molecular flexibility index (Phi) is 6.59. The topological polar surface area (TPSA) is 0 Å². The Morgan fingerprint density at radius 2 is 1.16 bits per heavy atom. The first-order valence-corrected chi connectivity index (χ1v) is 24.5. The van der Waals surface area contributed by atoms with Crippen LogP contribution < -0.4 is 0 Å². The Hall–Kier alpha value is -3.32. The predicted molar refractivity (Wildman–Crippen MR) is 184 cm³/mol. The van der Waals surface area contributed by atoms with Gasteiger partial charge in [-0.3, -0.25) is 0 Å². The van der Waals surface area contributed by atoms with E-state index < -0.39 is 25.8 Å². The molecule has 6 aromatic rings. The molecule has 0 nitrogen and oxygen atoms in total. The maximum absolute atomic E-state index is 2.72. The molecule has 43 heavy (non-hydrogen) atoms. The Bertz CT molecular complexity index is 2140. The predicted octanol–water partition coefficient (Wildman–Crippen LogP) is 11.4. The van der Waals surface area contributed by atoms with Crippen molar-refractivity contribution in [1.29, 1.82) is 0 Å². The molecule has 0 aliphatic heterocycles. The van der Waals surface area contributed by atoms with Crippen LogP contribution in [-0.2, 0) is 20.4 Å². The Labute approximate surface area is 263 Å². The number of benzene rings is 6. The van der Waals surface area contributed by atoms with Crippen LogP contribution >= 0.6 is 0 Å². The van der Waals surface area contributed by atoms with Gasteiger partial charge in [0.1, 0.15) is 0 Å². The number of allylic oxidation sites excluding steroid dienone is 2. The Morgan fingerprint density at radius 3 is 1.84 bits per heavy atom. The Morgan fingerprint density at radius 1 is 0.535 bits per heavy atom. The number of hydrogen-bond donors (Lipinski definition) is 0. The summed E-state index contributed by atoms with van der Waals surface area (Å²) in [5.74, 6) is 0. The summed E-state index contributed by atoms with van der Waals surface area (Å²) in [6.07, 6.45) is 2.72. The summed E-state index contributed by atoms with van der Waals surface area (Å²) in [6, 6.07) is 42.0. The summed E-state index contributed by atoms with van der Waals surface area (Å²) in [5.41, 5.74) is 15.8. The van der Waals surface area contributed by atoms with Crippen molar-refractivity contribution in [2.24, 2.45) is 0 Å². The second-order valence-electron chi connectivity index (χ2n) is 12.9. The first-order chi connectivity index (χ1) is 20.9. The zero-order valence-electron chi connectivity index (χ0n) is 25.6. The zero-order valence-corrected chi connectivity index (χ0v) is 29.1. The van der Waals surface area contributed by atoms with Gasteiger partial charge in [-0.15, -0.1) is 0 Å². The fraction of sp³-hybridized carbons (Fsp3) is 0.171. The molecule has 1 unspecified atom stereocenters. The van der Waals surface area contributed by atoms with Gasteiger partial charge in [0.15, 0.2) is 0 Å². The van der Waals surface area contributed by atoms with Crippen LogP contribution in [0.2, 0.25) is 13.1 Å². The fourth-order valence-electron chi connectivity index (χ4n) is 8.07. The number of aryl methyl sites for hydroxylation is 2. The van der Waals surface area contributed by atoms with Crippen molar-refractivity contribution in [2.75, 3.05) is 0 Å². The second-order valence-corrected chi connectivity index (χ2v) is 30.8. The first-order valence-electron chi connectivity index (χ1n) is 15.5. The number of hydrogen-bond acceptors (Lipinski definition) is 0. The molecule has 2 heteroatoms. The molecule has 8 rings (SSSR count). The molecular weight excluding hydrogens is 612 g/mol. The molecule has 0 radical (unpaired) electrons. The molecule has 6 aromatic carbocycles. The van der Waals surface area contributed by atoms with Crippen LogP contribution in [-0.4, -0.2) is 5.43 Å². The van der Waals surface area contributed by atoms with E-state index in [1.54, 1.807) is 16.7 Å². The van der Waals surface area contributed by atoms with E-state index in [4.69, 9.17) is 0 Å². The number of fused-ring (bicyclic) bond motifs is 7. The quantitative estimate of drug-likeness (QED) is 0.132. The normalized spacial score (nSPS) is 15.4. The molecule has 0 saturated heterocycles. The van der Waals surface area contributed by atoms with E-state index >= 15 is 0 Å². The molecule has 2 aliphatic rings. The van der Waals surface area contributed by atoms with Gasteiger partial charge in [-0.25, -0.2) is 0 Å². The molecule has 1 atom stereocenters. The molecule has 0 spiro atoms. The van der Waals surface area contributed by atoms with Crippen molar-refractivity contribution in [3.8, 4) is 22.3 Å². The van der Waals surface area contributed by atoms with Crippen LogP contribution in [0.5, 0.6) is 0 Å². The summed E-state index contributed by atoms with van der Waals surface area (Å²) in [7, 11) is 0. The molecule has 0 fully saturated rings. The molecule has 208 valence electrons. The van der Waals surface area contributed by atoms with Gasteiger partial charge in [-0.2, -0.15) is 0 Å². The molecule has 0 N–H and O–H groups in total. The molecule has 0 saturated carbocycles. The van der Waals surface area contributed by atoms with Crippen LogP contribution in [0.1, 0.15) is 47.6 Å². The minimum atomic E-state index is -2.19. The van der Waals surface area contributed by atoms with Crippen LogP contribution in [0.25, 0.3) is 49.4 Å². The molecular formula is C41H36SiZr. The van der Waals surface area contributed by atoms with Crippen molar-refractivity contribution in [2.45, 2.75) is 41.1 Å². The van der Waals surface area contributed by atoms with Gasteiger partial charge in [0.2, 0.25) is 0 Å². The van der Waals surface area contributed by atoms with E-state index in [-0.39, 0.29) is 0 Å². The van der Waals surface area contributed by atoms with Crippen LogP contribution in [0.4, 0.5) is 0 Å². The third kappa shape index (κ3) is 4.25. The van der Waals surface area contributed by atoms with E-state index in [2.05, 4.69) is 149 Å². The fourth-order valence-corrected chi connectivity index (χ4v) is 27.5. The third-order valence-electron chi connectivity index (χ3n) is 9.85. The summed E-state index contributed by atoms with van der Waals surface area (Å²) < 4.78 is 1.21. The van der Waals surface area contributed by atoms with Gasteiger partial charge >= 0.3 is 265 Å². The van der Waals surface area contributed by atoms with E-state index in [0.29, 0.717) is 7.25 Å². The van der Waals surface area contributed by atoms with Gasteiger partial charge in [0.25, 0.3) is 0 Å². The van der Waals surface area contributed by atoms with Crippen molar-refractivity contribution in [1.82, 2.24) is 0 Å². The van der Waals surface area contributed by atoms with Crippen molar-refractivity contribution < 1.29 is 20.4 Å². The van der Waals surface area contributed by atoms with Crippen LogP contribution in [0.3, 0.4) is 0 Å². The van der Waals surface area contributed by atoms with Crippen molar-refractivity contribution in [3.63, 3.8) is 0 Å². The monoisotopic (exact) mass is 646 g/mol. The summed E-state index contributed by atoms with van der Waals surface area (Å²) in [5, 5.41) is 5.35. The average Bonchev–Trinajstić information content (AvgIpc) is 3.50. The first kappa shape index (κ1) is 27.2. The van der Waals surface area contributed by atoms with Crippen molar-refractivity contribution >= 4 is 32.6 Å². The second kappa shape index (κ2) is 10.4.